The molecular formula is C34H35F4N7O6. The summed E-state index contributed by atoms with van der Waals surface area (Å²) < 4.78 is 64.0. The number of alkyl halides is 3. The maximum atomic E-state index is 14.9. The molecule has 1 aliphatic rings. The molecule has 8 N–H and O–H groups in total. The van der Waals surface area contributed by atoms with Crippen LogP contribution in [-0.4, -0.2) is 69.5 Å². The first-order chi connectivity index (χ1) is 23.7. The van der Waals surface area contributed by atoms with Crippen LogP contribution in [0.2, 0.25) is 0 Å². The Labute approximate surface area is 288 Å². The molecule has 4 amide bonds. The van der Waals surface area contributed by atoms with Crippen molar-refractivity contribution in [2.24, 2.45) is 5.73 Å². The summed E-state index contributed by atoms with van der Waals surface area (Å²) >= 11 is 0. The van der Waals surface area contributed by atoms with E-state index < -0.39 is 58.7 Å². The second-order valence-electron chi connectivity index (χ2n) is 13.1. The maximum absolute atomic E-state index is 14.9. The van der Waals surface area contributed by atoms with E-state index in [4.69, 9.17) is 10.5 Å². The molecule has 2 aromatic carbocycles. The number of fused-ring (bicyclic) bond motifs is 2. The summed E-state index contributed by atoms with van der Waals surface area (Å²) in [4.78, 5) is 47.0. The summed E-state index contributed by atoms with van der Waals surface area (Å²) in [6.07, 6.45) is -3.92. The fourth-order valence-corrected chi connectivity index (χ4v) is 5.33. The van der Waals surface area contributed by atoms with Gasteiger partial charge in [-0.2, -0.15) is 13.2 Å². The fraction of sp³-hybridized carbons (Fsp3) is 0.324. The average molecular weight is 714 g/mol. The molecule has 0 aliphatic carbocycles. The number of carbonyl (C=O) groups excluding carboxylic acids is 3. The van der Waals surface area contributed by atoms with Crippen LogP contribution in [0.4, 0.5) is 28.0 Å². The first-order valence-corrected chi connectivity index (χ1v) is 15.5. The third-order valence-corrected chi connectivity index (χ3v) is 8.28. The number of hydrogen-bond acceptors (Lipinski definition) is 9. The molecule has 0 bridgehead atoms. The van der Waals surface area contributed by atoms with E-state index in [1.165, 1.54) is 51.2 Å². The molecule has 17 heteroatoms. The number of pyridine rings is 2. The molecular weight excluding hydrogens is 678 g/mol. The number of aliphatic hydroxyl groups is 2. The zero-order valence-corrected chi connectivity index (χ0v) is 27.8. The quantitative estimate of drug-likeness (QED) is 0.0950. The van der Waals surface area contributed by atoms with Crippen molar-refractivity contribution in [3.63, 3.8) is 0 Å². The second-order valence-corrected chi connectivity index (χ2v) is 13.1. The lowest BCUT2D eigenvalue weighted by Crippen LogP contribution is -2.51. The van der Waals surface area contributed by atoms with Crippen molar-refractivity contribution >= 4 is 34.4 Å². The standard InChI is InChI=1S/C34H35F4N7O6/c1-17-9-19-10-20(11-23(25(19)40-13-17)43-30(48)45-42-14-31(2,3)49)28(46)41-15-33(50,34(36,37)38)24-12-22-27(51-16-32(22,4)29(39)47)26(44-24)18-5-7-21(35)8-6-18/h5-13,42,49-50H,14-16H2,1-4H3,(H2,39,47)(H,41,46)(H2,43,45,48)/t32-,33-/m0/s1. The van der Waals surface area contributed by atoms with E-state index >= 15 is 0 Å². The number of nitrogens with two attached hydrogens (primary N) is 1. The summed E-state index contributed by atoms with van der Waals surface area (Å²) in [5.74, 6) is -2.68. The number of carbonyl (C=O) groups is 3. The average Bonchev–Trinajstić information content (AvgIpc) is 3.39. The van der Waals surface area contributed by atoms with Gasteiger partial charge >= 0.3 is 12.2 Å². The van der Waals surface area contributed by atoms with Gasteiger partial charge in [0.05, 0.1) is 29.0 Å². The number of aryl methyl sites for hydroxylation is 1. The van der Waals surface area contributed by atoms with Crippen LogP contribution in [0.25, 0.3) is 22.2 Å². The molecule has 0 spiro atoms. The van der Waals surface area contributed by atoms with Crippen molar-refractivity contribution in [1.29, 1.82) is 0 Å². The number of benzene rings is 2. The van der Waals surface area contributed by atoms with Crippen molar-refractivity contribution < 1.29 is 46.9 Å². The minimum absolute atomic E-state index is 0.0115. The third-order valence-electron chi connectivity index (χ3n) is 8.28. The number of primary amides is 1. The predicted octanol–water partition coefficient (Wildman–Crippen LogP) is 3.46. The van der Waals surface area contributed by atoms with E-state index in [2.05, 4.69) is 31.5 Å². The number of urea groups is 1. The number of aromatic nitrogens is 2. The van der Waals surface area contributed by atoms with Crippen molar-refractivity contribution in [2.45, 2.75) is 50.5 Å². The Hall–Kier alpha value is -5.39. The first kappa shape index (κ1) is 36.9. The fourth-order valence-electron chi connectivity index (χ4n) is 5.33. The minimum atomic E-state index is -5.43. The highest BCUT2D eigenvalue weighted by molar-refractivity contribution is 6.05. The molecule has 0 unspecified atom stereocenters. The van der Waals surface area contributed by atoms with Crippen molar-refractivity contribution in [3.05, 3.63) is 82.9 Å². The molecule has 3 heterocycles. The van der Waals surface area contributed by atoms with Gasteiger partial charge in [-0.25, -0.2) is 19.6 Å². The highest BCUT2D eigenvalue weighted by Crippen LogP contribution is 2.47. The number of ether oxygens (including phenoxy) is 1. The Morgan fingerprint density at radius 2 is 1.73 bits per heavy atom. The molecule has 0 saturated carbocycles. The van der Waals surface area contributed by atoms with Crippen LogP contribution < -0.4 is 32.0 Å². The molecule has 51 heavy (non-hydrogen) atoms. The van der Waals surface area contributed by atoms with Crippen LogP contribution >= 0.6 is 0 Å². The predicted molar refractivity (Wildman–Crippen MR) is 177 cm³/mol. The van der Waals surface area contributed by atoms with Gasteiger partial charge < -0.3 is 31.3 Å². The number of hydrogen-bond donors (Lipinski definition) is 7. The van der Waals surface area contributed by atoms with E-state index in [0.717, 1.165) is 18.2 Å². The number of nitrogens with zero attached hydrogens (tertiary/aromatic N) is 2. The van der Waals surface area contributed by atoms with Crippen LogP contribution in [-0.2, 0) is 15.8 Å². The molecule has 2 aromatic heterocycles. The highest BCUT2D eigenvalue weighted by Gasteiger charge is 2.57. The van der Waals surface area contributed by atoms with Crippen LogP contribution in [0.15, 0.2) is 54.7 Å². The molecule has 270 valence electrons. The Morgan fingerprint density at radius 3 is 2.35 bits per heavy atom. The summed E-state index contributed by atoms with van der Waals surface area (Å²) in [6, 6.07) is 8.83. The zero-order valence-electron chi connectivity index (χ0n) is 27.8. The Balaban J connectivity index is 1.51. The lowest BCUT2D eigenvalue weighted by Gasteiger charge is -2.31. The van der Waals surface area contributed by atoms with Gasteiger partial charge in [-0.15, -0.1) is 0 Å². The highest BCUT2D eigenvalue weighted by atomic mass is 19.4. The van der Waals surface area contributed by atoms with Gasteiger partial charge in [-0.3, -0.25) is 20.0 Å². The van der Waals surface area contributed by atoms with Gasteiger partial charge in [0, 0.05) is 34.8 Å². The third kappa shape index (κ3) is 7.54. The maximum Gasteiger partial charge on any atom is 0.424 e. The largest absolute Gasteiger partial charge is 0.489 e. The lowest BCUT2D eigenvalue weighted by atomic mass is 9.81. The summed E-state index contributed by atoms with van der Waals surface area (Å²) in [5.41, 5.74) is 3.52. The topological polar surface area (TPSA) is 201 Å². The van der Waals surface area contributed by atoms with Crippen LogP contribution in [0.5, 0.6) is 5.75 Å². The molecule has 5 rings (SSSR count). The summed E-state index contributed by atoms with van der Waals surface area (Å²) in [7, 11) is 0. The Morgan fingerprint density at radius 1 is 1.04 bits per heavy atom. The van der Waals surface area contributed by atoms with Gasteiger partial charge in [-0.05, 0) is 81.8 Å². The van der Waals surface area contributed by atoms with E-state index in [-0.39, 0.29) is 52.5 Å². The van der Waals surface area contributed by atoms with Crippen molar-refractivity contribution in [2.75, 3.05) is 25.0 Å². The van der Waals surface area contributed by atoms with Gasteiger partial charge in [0.2, 0.25) is 11.5 Å². The van der Waals surface area contributed by atoms with Crippen LogP contribution in [0.1, 0.15) is 48.0 Å². The minimum Gasteiger partial charge on any atom is -0.489 e. The molecule has 2 atom stereocenters. The number of amides is 4. The number of nitrogens with one attached hydrogen (secondary N) is 4. The number of halogens is 4. The molecule has 0 radical (unpaired) electrons. The van der Waals surface area contributed by atoms with Crippen LogP contribution in [0, 0.1) is 12.7 Å². The number of rotatable bonds is 10. The van der Waals surface area contributed by atoms with E-state index in [1.54, 1.807) is 13.0 Å². The van der Waals surface area contributed by atoms with Gasteiger partial charge in [0.25, 0.3) is 5.91 Å². The summed E-state index contributed by atoms with van der Waals surface area (Å²) in [5, 5.41) is 26.2. The first-order valence-electron chi connectivity index (χ1n) is 15.5. The smallest absolute Gasteiger partial charge is 0.424 e. The van der Waals surface area contributed by atoms with Crippen molar-refractivity contribution in [3.8, 4) is 17.0 Å². The SMILES string of the molecule is Cc1cnc2c(NC(=O)NNCC(C)(C)O)cc(C(=O)NC[C@](O)(c3cc4c(c(-c5ccc(F)cc5)n3)OC[C@]4(C)C(N)=O)C(F)(F)F)cc2c1. The van der Waals surface area contributed by atoms with Crippen molar-refractivity contribution in [1.82, 2.24) is 26.1 Å². The van der Waals surface area contributed by atoms with Gasteiger partial charge in [-0.1, -0.05) is 0 Å². The monoisotopic (exact) mass is 713 g/mol. The second kappa shape index (κ2) is 13.4. The Bertz CT molecular complexity index is 2020. The Kier molecular flexibility index (Phi) is 9.68. The molecule has 4 aromatic rings. The zero-order chi connectivity index (χ0) is 37.5. The normalized spacial score (nSPS) is 16.9. The van der Waals surface area contributed by atoms with E-state index in [1.807, 2.05) is 0 Å². The van der Waals surface area contributed by atoms with E-state index in [9.17, 15) is 42.2 Å². The molecule has 0 fully saturated rings. The van der Waals surface area contributed by atoms with E-state index in [0.29, 0.717) is 10.9 Å². The lowest BCUT2D eigenvalue weighted by molar-refractivity contribution is -0.265. The molecule has 13 nitrogen and oxygen atoms in total. The van der Waals surface area contributed by atoms with Gasteiger partial charge in [0.1, 0.15) is 29.3 Å². The molecule has 0 saturated heterocycles. The summed E-state index contributed by atoms with van der Waals surface area (Å²) in [6.45, 7) is 4.32. The van der Waals surface area contributed by atoms with Gasteiger partial charge in [0.15, 0.2) is 0 Å². The van der Waals surface area contributed by atoms with Crippen LogP contribution in [0.3, 0.4) is 0 Å². The number of anilines is 1. The number of hydrazine groups is 1. The molecule has 1 aliphatic heterocycles.